The van der Waals surface area contributed by atoms with Gasteiger partial charge in [0.25, 0.3) is 0 Å². The Morgan fingerprint density at radius 3 is 2.45 bits per heavy atom. The van der Waals surface area contributed by atoms with E-state index in [0.29, 0.717) is 41.7 Å². The number of benzene rings is 2. The molecule has 0 spiro atoms. The number of fused-ring (bicyclic) bond motifs is 1. The minimum absolute atomic E-state index is 0.395. The third kappa shape index (κ3) is 3.17. The number of rotatable bonds is 4. The summed E-state index contributed by atoms with van der Waals surface area (Å²) in [6.45, 7) is 0.991. The molecule has 3 rings (SSSR count). The molecule has 0 fully saturated rings. The van der Waals surface area contributed by atoms with Crippen molar-refractivity contribution in [3.05, 3.63) is 58.6 Å². The molecule has 1 aliphatic heterocycles. The van der Waals surface area contributed by atoms with Crippen LogP contribution in [0.15, 0.2) is 42.5 Å². The van der Waals surface area contributed by atoms with Gasteiger partial charge in [0.15, 0.2) is 11.5 Å². The summed E-state index contributed by atoms with van der Waals surface area (Å²) in [7, 11) is 0. The molecule has 2 aromatic carbocycles. The first-order valence-corrected chi connectivity index (χ1v) is 7.38. The first kappa shape index (κ1) is 14.7. The highest BCUT2D eigenvalue weighted by Gasteiger charge is 2.23. The van der Waals surface area contributed by atoms with E-state index in [1.807, 2.05) is 12.1 Å². The van der Waals surface area contributed by atoms with E-state index in [0.717, 1.165) is 5.56 Å². The van der Waals surface area contributed by atoms with E-state index in [1.54, 1.807) is 30.3 Å². The number of hydrogen-bond donors (Lipinski definition) is 1. The molecular weight excluding hydrogens is 304 g/mol. The first-order chi connectivity index (χ1) is 10.6. The van der Waals surface area contributed by atoms with Gasteiger partial charge in [0.05, 0.1) is 5.92 Å². The molecule has 0 aliphatic carbocycles. The molecule has 1 atom stereocenters. The lowest BCUT2D eigenvalue weighted by atomic mass is 9.92. The molecule has 114 valence electrons. The van der Waals surface area contributed by atoms with Crippen molar-refractivity contribution < 1.29 is 19.4 Å². The molecule has 1 aliphatic rings. The maximum atomic E-state index is 11.6. The molecule has 0 saturated carbocycles. The Kier molecular flexibility index (Phi) is 4.20. The molecule has 0 saturated heterocycles. The molecule has 0 radical (unpaired) electrons. The number of aliphatic carboxylic acids is 1. The second-order valence-corrected chi connectivity index (χ2v) is 5.56. The molecule has 22 heavy (non-hydrogen) atoms. The van der Waals surface area contributed by atoms with Crippen LogP contribution in [-0.4, -0.2) is 24.3 Å². The Bertz CT molecular complexity index is 682. The van der Waals surface area contributed by atoms with Crippen LogP contribution in [0.4, 0.5) is 0 Å². The number of carbonyl (C=O) groups is 1. The zero-order valence-electron chi connectivity index (χ0n) is 11.8. The van der Waals surface area contributed by atoms with Gasteiger partial charge < -0.3 is 14.6 Å². The van der Waals surface area contributed by atoms with E-state index in [9.17, 15) is 9.90 Å². The molecule has 1 unspecified atom stereocenters. The minimum atomic E-state index is -0.869. The number of halogens is 1. The summed E-state index contributed by atoms with van der Waals surface area (Å²) in [5.41, 5.74) is 1.62. The maximum Gasteiger partial charge on any atom is 0.311 e. The molecule has 1 heterocycles. The Morgan fingerprint density at radius 1 is 1.09 bits per heavy atom. The van der Waals surface area contributed by atoms with Gasteiger partial charge in [-0.3, -0.25) is 4.79 Å². The SMILES string of the molecule is O=C(O)C(Cc1ccc(Cl)cc1)c1ccc2c(c1)OCCO2. The molecule has 0 aromatic heterocycles. The van der Waals surface area contributed by atoms with Crippen LogP contribution in [-0.2, 0) is 11.2 Å². The van der Waals surface area contributed by atoms with Crippen LogP contribution in [0.5, 0.6) is 11.5 Å². The number of ether oxygens (including phenoxy) is 2. The quantitative estimate of drug-likeness (QED) is 0.937. The molecule has 2 aromatic rings. The highest BCUT2D eigenvalue weighted by Crippen LogP contribution is 2.34. The molecule has 0 amide bonds. The number of carboxylic acid groups (broad SMARTS) is 1. The van der Waals surface area contributed by atoms with Crippen molar-refractivity contribution in [3.63, 3.8) is 0 Å². The van der Waals surface area contributed by atoms with Crippen molar-refractivity contribution in [1.82, 2.24) is 0 Å². The van der Waals surface area contributed by atoms with Crippen LogP contribution < -0.4 is 9.47 Å². The van der Waals surface area contributed by atoms with Gasteiger partial charge in [-0.1, -0.05) is 29.8 Å². The highest BCUT2D eigenvalue weighted by molar-refractivity contribution is 6.30. The van der Waals surface area contributed by atoms with Crippen LogP contribution in [0, 0.1) is 0 Å². The molecule has 5 heteroatoms. The smallest absolute Gasteiger partial charge is 0.311 e. The fourth-order valence-electron chi connectivity index (χ4n) is 2.48. The van der Waals surface area contributed by atoms with Gasteiger partial charge in [0.2, 0.25) is 0 Å². The fraction of sp³-hybridized carbons (Fsp3) is 0.235. The first-order valence-electron chi connectivity index (χ1n) is 7.00. The lowest BCUT2D eigenvalue weighted by molar-refractivity contribution is -0.138. The van der Waals surface area contributed by atoms with Gasteiger partial charge >= 0.3 is 5.97 Å². The summed E-state index contributed by atoms with van der Waals surface area (Å²) in [5, 5.41) is 10.2. The van der Waals surface area contributed by atoms with Crippen molar-refractivity contribution in [1.29, 1.82) is 0 Å². The normalized spacial score (nSPS) is 14.4. The van der Waals surface area contributed by atoms with E-state index in [-0.39, 0.29) is 0 Å². The third-order valence-electron chi connectivity index (χ3n) is 3.62. The van der Waals surface area contributed by atoms with Crippen molar-refractivity contribution in [2.24, 2.45) is 0 Å². The standard InChI is InChI=1S/C17H15ClO4/c18-13-4-1-11(2-5-13)9-14(17(19)20)12-3-6-15-16(10-12)22-8-7-21-15/h1-6,10,14H,7-9H2,(H,19,20). The van der Waals surface area contributed by atoms with Crippen LogP contribution in [0.1, 0.15) is 17.0 Å². The summed E-state index contributed by atoms with van der Waals surface area (Å²) in [5.74, 6) is -0.250. The number of hydrogen-bond acceptors (Lipinski definition) is 3. The van der Waals surface area contributed by atoms with Crippen molar-refractivity contribution in [3.8, 4) is 11.5 Å². The van der Waals surface area contributed by atoms with E-state index in [2.05, 4.69) is 0 Å². The monoisotopic (exact) mass is 318 g/mol. The van der Waals surface area contributed by atoms with Gasteiger partial charge in [-0.2, -0.15) is 0 Å². The van der Waals surface area contributed by atoms with E-state index >= 15 is 0 Å². The topological polar surface area (TPSA) is 55.8 Å². The van der Waals surface area contributed by atoms with E-state index < -0.39 is 11.9 Å². The third-order valence-corrected chi connectivity index (χ3v) is 3.87. The van der Waals surface area contributed by atoms with Gasteiger partial charge in [0, 0.05) is 5.02 Å². The molecule has 0 bridgehead atoms. The summed E-state index contributed by atoms with van der Waals surface area (Å²) in [4.78, 5) is 11.6. The van der Waals surface area contributed by atoms with Crippen LogP contribution in [0.2, 0.25) is 5.02 Å². The van der Waals surface area contributed by atoms with E-state index in [4.69, 9.17) is 21.1 Å². The largest absolute Gasteiger partial charge is 0.486 e. The lowest BCUT2D eigenvalue weighted by Crippen LogP contribution is -2.18. The van der Waals surface area contributed by atoms with Crippen LogP contribution in [0.3, 0.4) is 0 Å². The van der Waals surface area contributed by atoms with Gasteiger partial charge in [-0.15, -0.1) is 0 Å². The molecule has 1 N–H and O–H groups in total. The Hall–Kier alpha value is -2.20. The van der Waals surface area contributed by atoms with Crippen molar-refractivity contribution >= 4 is 17.6 Å². The van der Waals surface area contributed by atoms with E-state index in [1.165, 1.54) is 0 Å². The molecule has 4 nitrogen and oxygen atoms in total. The van der Waals surface area contributed by atoms with Crippen LogP contribution >= 0.6 is 11.6 Å². The van der Waals surface area contributed by atoms with Gasteiger partial charge in [-0.05, 0) is 41.8 Å². The predicted octanol–water partition coefficient (Wildman–Crippen LogP) is 3.52. The lowest BCUT2D eigenvalue weighted by Gasteiger charge is -2.20. The van der Waals surface area contributed by atoms with Gasteiger partial charge in [0.1, 0.15) is 13.2 Å². The average molecular weight is 319 g/mol. The van der Waals surface area contributed by atoms with Gasteiger partial charge in [-0.25, -0.2) is 0 Å². The minimum Gasteiger partial charge on any atom is -0.486 e. The second-order valence-electron chi connectivity index (χ2n) is 5.12. The maximum absolute atomic E-state index is 11.6. The fourth-order valence-corrected chi connectivity index (χ4v) is 2.61. The van der Waals surface area contributed by atoms with Crippen LogP contribution in [0.25, 0.3) is 0 Å². The Balaban J connectivity index is 1.87. The number of carboxylic acids is 1. The van der Waals surface area contributed by atoms with Crippen molar-refractivity contribution in [2.75, 3.05) is 13.2 Å². The average Bonchev–Trinajstić information content (AvgIpc) is 2.53. The predicted molar refractivity (Wildman–Crippen MR) is 83.0 cm³/mol. The summed E-state index contributed by atoms with van der Waals surface area (Å²) in [6.07, 6.45) is 0.395. The summed E-state index contributed by atoms with van der Waals surface area (Å²) in [6, 6.07) is 12.5. The zero-order valence-corrected chi connectivity index (χ0v) is 12.5. The van der Waals surface area contributed by atoms with Crippen molar-refractivity contribution in [2.45, 2.75) is 12.3 Å². The molecular formula is C17H15ClO4. The Morgan fingerprint density at radius 2 is 1.77 bits per heavy atom. The Labute approximate surface area is 133 Å². The highest BCUT2D eigenvalue weighted by atomic mass is 35.5. The summed E-state index contributed by atoms with van der Waals surface area (Å²) < 4.78 is 11.0. The second kappa shape index (κ2) is 6.28. The zero-order chi connectivity index (χ0) is 15.5. The summed E-state index contributed by atoms with van der Waals surface area (Å²) >= 11 is 5.86.